The Kier molecular flexibility index (Phi) is 5.84. The molecule has 0 aliphatic heterocycles. The number of aromatic nitrogens is 3. The molecule has 0 aliphatic rings. The maximum Gasteiger partial charge on any atom is 0.265 e. The Morgan fingerprint density at radius 2 is 1.63 bits per heavy atom. The van der Waals surface area contributed by atoms with Crippen LogP contribution in [0.15, 0.2) is 96.0 Å². The van der Waals surface area contributed by atoms with Gasteiger partial charge >= 0.3 is 0 Å². The highest BCUT2D eigenvalue weighted by molar-refractivity contribution is 7.92. The third kappa shape index (κ3) is 4.41. The number of rotatable bonds is 7. The lowest BCUT2D eigenvalue weighted by Gasteiger charge is -2.13. The first-order chi connectivity index (χ1) is 17.0. The fourth-order valence-corrected chi connectivity index (χ4v) is 5.07. The van der Waals surface area contributed by atoms with Gasteiger partial charge in [0.05, 0.1) is 12.8 Å². The summed E-state index contributed by atoms with van der Waals surface area (Å²) in [6.45, 7) is 1.84. The van der Waals surface area contributed by atoms with Crippen LogP contribution in [-0.2, 0) is 10.0 Å². The lowest BCUT2D eigenvalue weighted by Crippen LogP contribution is -2.14. The molecule has 9 heteroatoms. The van der Waals surface area contributed by atoms with E-state index in [9.17, 15) is 8.42 Å². The Labute approximate surface area is 202 Å². The molecule has 0 aliphatic carbocycles. The van der Waals surface area contributed by atoms with Crippen molar-refractivity contribution in [2.75, 3.05) is 11.8 Å². The molecule has 0 amide bonds. The predicted molar refractivity (Wildman–Crippen MR) is 133 cm³/mol. The number of anilines is 1. The van der Waals surface area contributed by atoms with Gasteiger partial charge in [-0.25, -0.2) is 13.4 Å². The topological polar surface area (TPSA) is 94.8 Å². The summed E-state index contributed by atoms with van der Waals surface area (Å²) in [5, 5.41) is 4.62. The van der Waals surface area contributed by atoms with Gasteiger partial charge in [-0.05, 0) is 48.9 Å². The Bertz CT molecular complexity index is 1600. The van der Waals surface area contributed by atoms with E-state index in [1.165, 1.54) is 7.11 Å². The van der Waals surface area contributed by atoms with Crippen LogP contribution >= 0.6 is 0 Å². The number of nitrogens with one attached hydrogen (secondary N) is 1. The number of hydrogen-bond donors (Lipinski definition) is 1. The molecule has 0 unspecified atom stereocenters. The smallest absolute Gasteiger partial charge is 0.265 e. The van der Waals surface area contributed by atoms with E-state index in [4.69, 9.17) is 9.47 Å². The quantitative estimate of drug-likeness (QED) is 0.335. The second-order valence-electron chi connectivity index (χ2n) is 7.73. The Morgan fingerprint density at radius 1 is 0.914 bits per heavy atom. The minimum atomic E-state index is -3.93. The van der Waals surface area contributed by atoms with Crippen molar-refractivity contribution in [2.45, 2.75) is 11.8 Å². The monoisotopic (exact) mass is 486 g/mol. The van der Waals surface area contributed by atoms with E-state index in [2.05, 4.69) is 14.8 Å². The van der Waals surface area contributed by atoms with Gasteiger partial charge < -0.3 is 9.47 Å². The van der Waals surface area contributed by atoms with Crippen LogP contribution in [-0.4, -0.2) is 30.1 Å². The number of sulfonamides is 1. The van der Waals surface area contributed by atoms with Crippen LogP contribution in [0.2, 0.25) is 0 Å². The number of fused-ring (bicyclic) bond motifs is 1. The normalized spacial score (nSPS) is 11.4. The zero-order chi connectivity index (χ0) is 24.4. The van der Waals surface area contributed by atoms with Crippen LogP contribution in [0.4, 0.5) is 5.69 Å². The third-order valence-electron chi connectivity index (χ3n) is 5.39. The molecule has 0 saturated carbocycles. The molecule has 0 spiro atoms. The van der Waals surface area contributed by atoms with Crippen molar-refractivity contribution in [1.82, 2.24) is 14.6 Å². The molecule has 5 rings (SSSR count). The van der Waals surface area contributed by atoms with E-state index < -0.39 is 10.0 Å². The minimum absolute atomic E-state index is 0.0109. The first kappa shape index (κ1) is 22.4. The molecule has 0 saturated heterocycles. The Balaban J connectivity index is 1.60. The highest BCUT2D eigenvalue weighted by Gasteiger charge is 2.23. The van der Waals surface area contributed by atoms with Crippen molar-refractivity contribution in [3.05, 3.63) is 96.8 Å². The maximum absolute atomic E-state index is 13.3. The van der Waals surface area contributed by atoms with Crippen molar-refractivity contribution < 1.29 is 17.9 Å². The molecule has 0 bridgehead atoms. The molecule has 2 aromatic heterocycles. The van der Waals surface area contributed by atoms with Gasteiger partial charge in [0, 0.05) is 23.5 Å². The zero-order valence-electron chi connectivity index (χ0n) is 19.0. The van der Waals surface area contributed by atoms with Gasteiger partial charge in [0.25, 0.3) is 10.0 Å². The number of ether oxygens (including phenoxy) is 2. The number of benzene rings is 3. The average Bonchev–Trinajstić information content (AvgIpc) is 3.21. The number of nitrogens with zero attached hydrogens (tertiary/aromatic N) is 3. The lowest BCUT2D eigenvalue weighted by atomic mass is 10.1. The summed E-state index contributed by atoms with van der Waals surface area (Å²) in [6, 6.07) is 24.8. The number of hydrogen-bond acceptors (Lipinski definition) is 6. The average molecular weight is 487 g/mol. The highest BCUT2D eigenvalue weighted by Crippen LogP contribution is 2.35. The minimum Gasteiger partial charge on any atom is -0.495 e. The highest BCUT2D eigenvalue weighted by atomic mass is 32.2. The molecular formula is C26H22N4O4S. The van der Waals surface area contributed by atoms with Gasteiger partial charge in [0.1, 0.15) is 16.4 Å². The van der Waals surface area contributed by atoms with Gasteiger partial charge in [0.2, 0.25) is 5.88 Å². The van der Waals surface area contributed by atoms with Crippen LogP contribution in [0, 0.1) is 6.92 Å². The molecular weight excluding hydrogens is 464 g/mol. The Hall–Kier alpha value is -4.37. The van der Waals surface area contributed by atoms with Gasteiger partial charge in [-0.3, -0.25) is 4.72 Å². The second-order valence-corrected chi connectivity index (χ2v) is 9.38. The molecule has 176 valence electrons. The zero-order valence-corrected chi connectivity index (χ0v) is 19.9. The standard InChI is InChI=1S/C26H22N4O4S/c1-18-25(26-27-16-15-24(30(26)28-18)34-21-11-7-4-8-12-21)19-13-14-22(33-2)23(17-19)35(31,32)29-20-9-5-3-6-10-20/h3-17,29H,1-2H3. The fraction of sp³-hybridized carbons (Fsp3) is 0.0769. The predicted octanol–water partition coefficient (Wildman–Crippen LogP) is 5.31. The lowest BCUT2D eigenvalue weighted by molar-refractivity contribution is 0.403. The van der Waals surface area contributed by atoms with Crippen molar-refractivity contribution in [1.29, 1.82) is 0 Å². The first-order valence-electron chi connectivity index (χ1n) is 10.8. The third-order valence-corrected chi connectivity index (χ3v) is 6.79. The van der Waals surface area contributed by atoms with E-state index in [1.807, 2.05) is 43.3 Å². The SMILES string of the molecule is COc1ccc(-c2c(C)nn3c(Oc4ccccc4)ccnc23)cc1S(=O)(=O)Nc1ccccc1. The molecule has 0 fully saturated rings. The maximum atomic E-state index is 13.3. The van der Waals surface area contributed by atoms with E-state index in [0.29, 0.717) is 39.8 Å². The van der Waals surface area contributed by atoms with Gasteiger partial charge in [-0.15, -0.1) is 0 Å². The largest absolute Gasteiger partial charge is 0.495 e. The van der Waals surface area contributed by atoms with Crippen molar-refractivity contribution in [2.24, 2.45) is 0 Å². The molecule has 35 heavy (non-hydrogen) atoms. The van der Waals surface area contributed by atoms with Crippen molar-refractivity contribution in [3.8, 4) is 28.5 Å². The van der Waals surface area contributed by atoms with Crippen LogP contribution in [0.3, 0.4) is 0 Å². The van der Waals surface area contributed by atoms with Gasteiger partial charge in [-0.2, -0.15) is 9.61 Å². The summed E-state index contributed by atoms with van der Waals surface area (Å²) in [4.78, 5) is 4.52. The Morgan fingerprint density at radius 3 is 2.34 bits per heavy atom. The van der Waals surface area contributed by atoms with Crippen LogP contribution in [0.5, 0.6) is 17.4 Å². The molecule has 3 aromatic carbocycles. The molecule has 2 heterocycles. The van der Waals surface area contributed by atoms with Crippen molar-refractivity contribution >= 4 is 21.4 Å². The summed E-state index contributed by atoms with van der Waals surface area (Å²) in [5.74, 6) is 1.38. The fourth-order valence-electron chi connectivity index (χ4n) is 3.81. The summed E-state index contributed by atoms with van der Waals surface area (Å²) < 4.78 is 42.1. The van der Waals surface area contributed by atoms with Crippen molar-refractivity contribution in [3.63, 3.8) is 0 Å². The van der Waals surface area contributed by atoms with E-state index in [-0.39, 0.29) is 10.6 Å². The van der Waals surface area contributed by atoms with Crippen LogP contribution in [0.25, 0.3) is 16.8 Å². The molecule has 0 radical (unpaired) electrons. The number of aryl methyl sites for hydroxylation is 1. The van der Waals surface area contributed by atoms with Crippen LogP contribution in [0.1, 0.15) is 5.69 Å². The molecule has 0 atom stereocenters. The van der Waals surface area contributed by atoms with E-state index >= 15 is 0 Å². The first-order valence-corrected chi connectivity index (χ1v) is 12.3. The van der Waals surface area contributed by atoms with E-state index in [1.54, 1.807) is 59.2 Å². The summed E-state index contributed by atoms with van der Waals surface area (Å²) in [6.07, 6.45) is 1.64. The second kappa shape index (κ2) is 9.11. The number of para-hydroxylation sites is 2. The van der Waals surface area contributed by atoms with E-state index in [0.717, 1.165) is 0 Å². The van der Waals surface area contributed by atoms with Gasteiger partial charge in [0.15, 0.2) is 5.65 Å². The summed E-state index contributed by atoms with van der Waals surface area (Å²) in [7, 11) is -2.50. The van der Waals surface area contributed by atoms with Crippen LogP contribution < -0.4 is 14.2 Å². The molecule has 8 nitrogen and oxygen atoms in total. The molecule has 5 aromatic rings. The number of methoxy groups -OCH3 is 1. The van der Waals surface area contributed by atoms with Gasteiger partial charge in [-0.1, -0.05) is 42.5 Å². The summed E-state index contributed by atoms with van der Waals surface area (Å²) >= 11 is 0. The molecule has 1 N–H and O–H groups in total. The summed E-state index contributed by atoms with van der Waals surface area (Å²) in [5.41, 5.74) is 3.00.